The first kappa shape index (κ1) is 16.3. The van der Waals surface area contributed by atoms with Crippen LogP contribution in [0.25, 0.3) is 0 Å². The molecule has 132 valence electrons. The summed E-state index contributed by atoms with van der Waals surface area (Å²) in [5, 5.41) is 6.55. The number of likely N-dealkylation sites (tertiary alicyclic amines) is 1. The third-order valence-electron chi connectivity index (χ3n) is 5.80. The highest BCUT2D eigenvalue weighted by Gasteiger charge is 2.30. The van der Waals surface area contributed by atoms with Crippen LogP contribution in [0.2, 0.25) is 0 Å². The Bertz CT molecular complexity index is 561. The van der Waals surface area contributed by atoms with E-state index >= 15 is 0 Å². The van der Waals surface area contributed by atoms with Crippen molar-refractivity contribution in [2.24, 2.45) is 0 Å². The first-order valence-electron chi connectivity index (χ1n) is 9.51. The van der Waals surface area contributed by atoms with Crippen LogP contribution in [0, 0.1) is 0 Å². The summed E-state index contributed by atoms with van der Waals surface area (Å²) in [6, 6.07) is 0.557. The SMILES string of the molecule is O=C1NCCN1C1CCN(Cc2csc(C3CCCCC3)n2)CC1. The molecule has 1 aliphatic carbocycles. The van der Waals surface area contributed by atoms with Crippen molar-refractivity contribution in [1.29, 1.82) is 0 Å². The number of rotatable bonds is 4. The molecule has 0 aromatic carbocycles. The summed E-state index contributed by atoms with van der Waals surface area (Å²) in [4.78, 5) is 21.3. The molecule has 6 heteroatoms. The fourth-order valence-corrected chi connectivity index (χ4v) is 5.37. The number of amides is 2. The van der Waals surface area contributed by atoms with E-state index in [1.54, 1.807) is 0 Å². The van der Waals surface area contributed by atoms with Gasteiger partial charge in [-0.05, 0) is 25.7 Å². The van der Waals surface area contributed by atoms with E-state index in [9.17, 15) is 4.79 Å². The van der Waals surface area contributed by atoms with Crippen molar-refractivity contribution >= 4 is 17.4 Å². The molecule has 3 heterocycles. The summed E-state index contributed by atoms with van der Waals surface area (Å²) in [6.07, 6.45) is 8.99. The molecular formula is C18H28N4OS. The maximum absolute atomic E-state index is 11.8. The lowest BCUT2D eigenvalue weighted by molar-refractivity contribution is 0.131. The molecule has 2 amide bonds. The van der Waals surface area contributed by atoms with Crippen LogP contribution in [0.3, 0.4) is 0 Å². The van der Waals surface area contributed by atoms with Gasteiger partial charge in [0.1, 0.15) is 0 Å². The second kappa shape index (κ2) is 7.40. The Morgan fingerprint density at radius 2 is 1.92 bits per heavy atom. The van der Waals surface area contributed by atoms with Gasteiger partial charge in [-0.3, -0.25) is 4.90 Å². The number of nitrogens with zero attached hydrogens (tertiary/aromatic N) is 3. The number of piperidine rings is 1. The molecule has 1 aromatic heterocycles. The molecule has 4 rings (SSSR count). The van der Waals surface area contributed by atoms with Crippen molar-refractivity contribution in [3.05, 3.63) is 16.1 Å². The highest BCUT2D eigenvalue weighted by molar-refractivity contribution is 7.09. The van der Waals surface area contributed by atoms with Crippen LogP contribution in [0.4, 0.5) is 4.79 Å². The molecule has 0 spiro atoms. The van der Waals surface area contributed by atoms with E-state index in [0.29, 0.717) is 6.04 Å². The van der Waals surface area contributed by atoms with Crippen LogP contribution in [0.1, 0.15) is 61.6 Å². The number of hydrogen-bond donors (Lipinski definition) is 1. The first-order valence-corrected chi connectivity index (χ1v) is 10.4. The van der Waals surface area contributed by atoms with Gasteiger partial charge in [0.2, 0.25) is 0 Å². The predicted molar refractivity (Wildman–Crippen MR) is 96.3 cm³/mol. The number of urea groups is 1. The van der Waals surface area contributed by atoms with Crippen molar-refractivity contribution in [1.82, 2.24) is 20.1 Å². The first-order chi connectivity index (χ1) is 11.8. The van der Waals surface area contributed by atoms with Gasteiger partial charge in [-0.2, -0.15) is 0 Å². The minimum atomic E-state index is 0.130. The fraction of sp³-hybridized carbons (Fsp3) is 0.778. The maximum atomic E-state index is 11.8. The molecule has 1 saturated carbocycles. The Balaban J connectivity index is 1.28. The molecule has 0 radical (unpaired) electrons. The van der Waals surface area contributed by atoms with Crippen molar-refractivity contribution < 1.29 is 4.79 Å². The van der Waals surface area contributed by atoms with Crippen molar-refractivity contribution in [3.63, 3.8) is 0 Å². The molecule has 1 aromatic rings. The Hall–Kier alpha value is -1.14. The second-order valence-corrected chi connectivity index (χ2v) is 8.33. The number of aromatic nitrogens is 1. The molecule has 1 N–H and O–H groups in total. The van der Waals surface area contributed by atoms with Gasteiger partial charge in [0.15, 0.2) is 0 Å². The molecule has 0 bridgehead atoms. The van der Waals surface area contributed by atoms with Crippen molar-refractivity contribution in [3.8, 4) is 0 Å². The van der Waals surface area contributed by atoms with Gasteiger partial charge in [-0.15, -0.1) is 11.3 Å². The summed E-state index contributed by atoms with van der Waals surface area (Å²) in [5.41, 5.74) is 1.25. The molecule has 24 heavy (non-hydrogen) atoms. The lowest BCUT2D eigenvalue weighted by Gasteiger charge is -2.35. The third kappa shape index (κ3) is 3.59. The van der Waals surface area contributed by atoms with Gasteiger partial charge in [0.25, 0.3) is 0 Å². The largest absolute Gasteiger partial charge is 0.336 e. The van der Waals surface area contributed by atoms with E-state index in [1.807, 2.05) is 16.2 Å². The molecule has 2 aliphatic heterocycles. The van der Waals surface area contributed by atoms with E-state index in [2.05, 4.69) is 15.6 Å². The predicted octanol–water partition coefficient (Wildman–Crippen LogP) is 3.18. The number of carbonyl (C=O) groups is 1. The highest BCUT2D eigenvalue weighted by atomic mass is 32.1. The number of hydrogen-bond acceptors (Lipinski definition) is 4. The Kier molecular flexibility index (Phi) is 5.03. The Morgan fingerprint density at radius 3 is 2.62 bits per heavy atom. The summed E-state index contributed by atoms with van der Waals surface area (Å²) in [7, 11) is 0. The monoisotopic (exact) mass is 348 g/mol. The maximum Gasteiger partial charge on any atom is 0.317 e. The van der Waals surface area contributed by atoms with Crippen LogP contribution in [-0.2, 0) is 6.54 Å². The number of nitrogens with one attached hydrogen (secondary N) is 1. The zero-order valence-corrected chi connectivity index (χ0v) is 15.2. The normalized spacial score (nSPS) is 24.5. The highest BCUT2D eigenvalue weighted by Crippen LogP contribution is 2.34. The van der Waals surface area contributed by atoms with Crippen molar-refractivity contribution in [2.45, 2.75) is 63.5 Å². The minimum absolute atomic E-state index is 0.130. The van der Waals surface area contributed by atoms with Crippen LogP contribution in [-0.4, -0.2) is 53.0 Å². The average Bonchev–Trinajstić information content (AvgIpc) is 3.26. The summed E-state index contributed by atoms with van der Waals surface area (Å²) in [5.74, 6) is 0.719. The van der Waals surface area contributed by atoms with Crippen LogP contribution < -0.4 is 5.32 Å². The minimum Gasteiger partial charge on any atom is -0.336 e. The molecule has 0 unspecified atom stereocenters. The quantitative estimate of drug-likeness (QED) is 0.909. The van der Waals surface area contributed by atoms with Gasteiger partial charge in [0, 0.05) is 50.1 Å². The Labute approximate surface area is 148 Å². The third-order valence-corrected chi connectivity index (χ3v) is 6.85. The van der Waals surface area contributed by atoms with Gasteiger partial charge in [0.05, 0.1) is 10.7 Å². The molecule has 0 atom stereocenters. The number of thiazole rings is 1. The van der Waals surface area contributed by atoms with E-state index in [0.717, 1.165) is 51.5 Å². The molecule has 5 nitrogen and oxygen atoms in total. The number of carbonyl (C=O) groups excluding carboxylic acids is 1. The molecule has 3 fully saturated rings. The lowest BCUT2D eigenvalue weighted by atomic mass is 9.90. The molecular weight excluding hydrogens is 320 g/mol. The second-order valence-electron chi connectivity index (χ2n) is 7.44. The lowest BCUT2D eigenvalue weighted by Crippen LogP contribution is -2.45. The standard InChI is InChI=1S/C18H28N4OS/c23-18-19-8-11-22(18)16-6-9-21(10-7-16)12-15-13-24-17(20-15)14-4-2-1-3-5-14/h13-14,16H,1-12H2,(H,19,23). The van der Waals surface area contributed by atoms with E-state index in [4.69, 9.17) is 4.98 Å². The fourth-order valence-electron chi connectivity index (χ4n) is 4.39. The molecule has 2 saturated heterocycles. The van der Waals surface area contributed by atoms with Gasteiger partial charge in [-0.1, -0.05) is 19.3 Å². The van der Waals surface area contributed by atoms with E-state index < -0.39 is 0 Å². The van der Waals surface area contributed by atoms with Crippen LogP contribution in [0.15, 0.2) is 5.38 Å². The zero-order chi connectivity index (χ0) is 16.4. The van der Waals surface area contributed by atoms with Gasteiger partial charge < -0.3 is 10.2 Å². The van der Waals surface area contributed by atoms with Crippen LogP contribution >= 0.6 is 11.3 Å². The van der Waals surface area contributed by atoms with Crippen LogP contribution in [0.5, 0.6) is 0 Å². The topological polar surface area (TPSA) is 48.5 Å². The summed E-state index contributed by atoms with van der Waals surface area (Å²) >= 11 is 1.87. The van der Waals surface area contributed by atoms with Gasteiger partial charge >= 0.3 is 6.03 Å². The van der Waals surface area contributed by atoms with E-state index in [1.165, 1.54) is 42.8 Å². The summed E-state index contributed by atoms with van der Waals surface area (Å²) in [6.45, 7) is 4.81. The van der Waals surface area contributed by atoms with E-state index in [-0.39, 0.29) is 6.03 Å². The zero-order valence-electron chi connectivity index (χ0n) is 14.4. The van der Waals surface area contributed by atoms with Crippen molar-refractivity contribution in [2.75, 3.05) is 26.2 Å². The smallest absolute Gasteiger partial charge is 0.317 e. The summed E-state index contributed by atoms with van der Waals surface area (Å²) < 4.78 is 0. The molecule has 3 aliphatic rings. The average molecular weight is 349 g/mol. The van der Waals surface area contributed by atoms with Gasteiger partial charge in [-0.25, -0.2) is 9.78 Å². The Morgan fingerprint density at radius 1 is 1.12 bits per heavy atom.